The van der Waals surface area contributed by atoms with E-state index in [9.17, 15) is 13.9 Å². The Morgan fingerprint density at radius 2 is 1.86 bits per heavy atom. The van der Waals surface area contributed by atoms with Crippen molar-refractivity contribution in [2.24, 2.45) is 0 Å². The maximum atomic E-state index is 13.6. The molecule has 2 aromatic rings. The molecule has 0 bridgehead atoms. The van der Waals surface area contributed by atoms with Crippen LogP contribution in [0, 0.1) is 11.6 Å². The van der Waals surface area contributed by atoms with Crippen LogP contribution in [-0.4, -0.2) is 10.1 Å². The van der Waals surface area contributed by atoms with E-state index in [4.69, 9.17) is 9.47 Å². The van der Waals surface area contributed by atoms with E-state index in [1.54, 1.807) is 6.07 Å². The maximum absolute atomic E-state index is 13.6. The van der Waals surface area contributed by atoms with Gasteiger partial charge in [-0.3, -0.25) is 4.98 Å². The van der Waals surface area contributed by atoms with Gasteiger partial charge in [0.1, 0.15) is 30.3 Å². The number of ether oxygens (including phenoxy) is 2. The fourth-order valence-electron chi connectivity index (χ4n) is 2.00. The average molecular weight is 291 g/mol. The number of halogens is 2. The number of aromatic nitrogens is 1. The first-order valence-corrected chi connectivity index (χ1v) is 6.20. The third-order valence-corrected chi connectivity index (χ3v) is 3.07. The number of hydrogen-bond donors (Lipinski definition) is 1. The van der Waals surface area contributed by atoms with Crippen molar-refractivity contribution < 1.29 is 23.4 Å². The van der Waals surface area contributed by atoms with Crippen LogP contribution in [0.1, 0.15) is 29.2 Å². The Kier molecular flexibility index (Phi) is 3.53. The summed E-state index contributed by atoms with van der Waals surface area (Å²) in [5.74, 6) is -1.32. The predicted octanol–water partition coefficient (Wildman–Crippen LogP) is 2.96. The molecular formula is C15H11F2NO3. The molecule has 1 aromatic heterocycles. The normalized spacial score (nSPS) is 15.6. The van der Waals surface area contributed by atoms with Gasteiger partial charge in [0.05, 0.1) is 11.3 Å². The molecule has 3 rings (SSSR count). The zero-order valence-corrected chi connectivity index (χ0v) is 10.7. The molecule has 21 heavy (non-hydrogen) atoms. The molecule has 0 saturated heterocycles. The third-order valence-electron chi connectivity index (χ3n) is 3.07. The smallest absolute Gasteiger partial charge is 0.267 e. The van der Waals surface area contributed by atoms with Crippen molar-refractivity contribution in [1.29, 1.82) is 0 Å². The molecule has 1 aromatic carbocycles. The second kappa shape index (κ2) is 5.49. The Balaban J connectivity index is 1.84. The van der Waals surface area contributed by atoms with Gasteiger partial charge in [-0.15, -0.1) is 0 Å². The molecule has 1 unspecified atom stereocenters. The Labute approximate surface area is 119 Å². The van der Waals surface area contributed by atoms with Crippen molar-refractivity contribution in [2.75, 3.05) is 0 Å². The largest absolute Gasteiger partial charge is 0.455 e. The number of aliphatic hydroxyl groups is 1. The van der Waals surface area contributed by atoms with Crippen LogP contribution in [0.25, 0.3) is 0 Å². The SMILES string of the molecule is OC(c1ccc(C2OC=CO2)cn1)c1cc(F)ccc1F. The van der Waals surface area contributed by atoms with Crippen LogP contribution in [0.2, 0.25) is 0 Å². The van der Waals surface area contributed by atoms with Crippen molar-refractivity contribution in [2.45, 2.75) is 12.4 Å². The van der Waals surface area contributed by atoms with Crippen molar-refractivity contribution in [3.63, 3.8) is 0 Å². The highest BCUT2D eigenvalue weighted by atomic mass is 19.1. The summed E-state index contributed by atoms with van der Waals surface area (Å²) in [5.41, 5.74) is 0.690. The summed E-state index contributed by atoms with van der Waals surface area (Å²) < 4.78 is 37.1. The summed E-state index contributed by atoms with van der Waals surface area (Å²) in [7, 11) is 0. The van der Waals surface area contributed by atoms with E-state index < -0.39 is 24.0 Å². The molecule has 2 heterocycles. The molecule has 4 nitrogen and oxygen atoms in total. The maximum Gasteiger partial charge on any atom is 0.267 e. The number of benzene rings is 1. The van der Waals surface area contributed by atoms with Crippen LogP contribution in [0.15, 0.2) is 49.1 Å². The van der Waals surface area contributed by atoms with Gasteiger partial charge < -0.3 is 14.6 Å². The molecule has 0 spiro atoms. The lowest BCUT2D eigenvalue weighted by Gasteiger charge is -2.14. The van der Waals surface area contributed by atoms with Gasteiger partial charge in [0, 0.05) is 11.8 Å². The van der Waals surface area contributed by atoms with E-state index in [0.29, 0.717) is 5.56 Å². The first-order valence-electron chi connectivity index (χ1n) is 6.20. The van der Waals surface area contributed by atoms with Gasteiger partial charge in [0.15, 0.2) is 0 Å². The highest BCUT2D eigenvalue weighted by Gasteiger charge is 2.20. The van der Waals surface area contributed by atoms with E-state index in [-0.39, 0.29) is 11.3 Å². The molecule has 0 fully saturated rings. The Bertz CT molecular complexity index is 665. The zero-order valence-electron chi connectivity index (χ0n) is 10.7. The second-order valence-electron chi connectivity index (χ2n) is 4.46. The number of nitrogens with zero attached hydrogens (tertiary/aromatic N) is 1. The molecule has 0 saturated carbocycles. The summed E-state index contributed by atoms with van der Waals surface area (Å²) in [6, 6.07) is 6.05. The Morgan fingerprint density at radius 3 is 2.52 bits per heavy atom. The van der Waals surface area contributed by atoms with Gasteiger partial charge >= 0.3 is 0 Å². The molecule has 108 valence electrons. The van der Waals surface area contributed by atoms with Crippen molar-refractivity contribution in [3.8, 4) is 0 Å². The minimum atomic E-state index is -1.35. The minimum Gasteiger partial charge on any atom is -0.455 e. The lowest BCUT2D eigenvalue weighted by Crippen LogP contribution is -2.07. The fourth-order valence-corrected chi connectivity index (χ4v) is 2.00. The summed E-state index contributed by atoms with van der Waals surface area (Å²) >= 11 is 0. The average Bonchev–Trinajstić information content (AvgIpc) is 3.03. The molecule has 0 radical (unpaired) electrons. The standard InChI is InChI=1S/C15H11F2NO3/c16-10-2-3-12(17)11(7-10)14(19)13-4-1-9(8-18-13)15-20-5-6-21-15/h1-8,14-15,19H. The van der Waals surface area contributed by atoms with Crippen LogP contribution in [0.3, 0.4) is 0 Å². The van der Waals surface area contributed by atoms with Crippen LogP contribution >= 0.6 is 0 Å². The number of aliphatic hydroxyl groups excluding tert-OH is 1. The van der Waals surface area contributed by atoms with Gasteiger partial charge in [-0.25, -0.2) is 8.78 Å². The van der Waals surface area contributed by atoms with Gasteiger partial charge in [0.2, 0.25) is 0 Å². The molecule has 6 heteroatoms. The zero-order chi connectivity index (χ0) is 14.8. The quantitative estimate of drug-likeness (QED) is 0.944. The van der Waals surface area contributed by atoms with Crippen LogP contribution in [0.4, 0.5) is 8.78 Å². The molecular weight excluding hydrogens is 280 g/mol. The first-order chi connectivity index (χ1) is 10.1. The molecule has 1 aliphatic rings. The number of rotatable bonds is 3. The highest BCUT2D eigenvalue weighted by molar-refractivity contribution is 5.29. The number of hydrogen-bond acceptors (Lipinski definition) is 4. The van der Waals surface area contributed by atoms with E-state index in [0.717, 1.165) is 18.2 Å². The van der Waals surface area contributed by atoms with E-state index >= 15 is 0 Å². The van der Waals surface area contributed by atoms with E-state index in [2.05, 4.69) is 4.98 Å². The van der Waals surface area contributed by atoms with Crippen LogP contribution in [0.5, 0.6) is 0 Å². The topological polar surface area (TPSA) is 51.6 Å². The van der Waals surface area contributed by atoms with E-state index in [1.165, 1.54) is 24.8 Å². The summed E-state index contributed by atoms with van der Waals surface area (Å²) in [4.78, 5) is 4.04. The van der Waals surface area contributed by atoms with Gasteiger partial charge in [-0.2, -0.15) is 0 Å². The third kappa shape index (κ3) is 2.71. The molecule has 1 aliphatic heterocycles. The highest BCUT2D eigenvalue weighted by Crippen LogP contribution is 2.27. The summed E-state index contributed by atoms with van der Waals surface area (Å²) in [5, 5.41) is 10.1. The van der Waals surface area contributed by atoms with Crippen molar-refractivity contribution >= 4 is 0 Å². The lowest BCUT2D eigenvalue weighted by molar-refractivity contribution is -0.0249. The lowest BCUT2D eigenvalue weighted by atomic mass is 10.0. The van der Waals surface area contributed by atoms with Gasteiger partial charge in [-0.05, 0) is 30.3 Å². The molecule has 0 amide bonds. The minimum absolute atomic E-state index is 0.162. The molecule has 1 atom stereocenters. The van der Waals surface area contributed by atoms with Crippen molar-refractivity contribution in [3.05, 3.63) is 77.5 Å². The summed E-state index contributed by atoms with van der Waals surface area (Å²) in [6.07, 6.45) is 2.35. The Hall–Kier alpha value is -2.47. The second-order valence-corrected chi connectivity index (χ2v) is 4.46. The first kappa shape index (κ1) is 13.5. The van der Waals surface area contributed by atoms with Crippen molar-refractivity contribution in [1.82, 2.24) is 4.98 Å². The molecule has 0 aliphatic carbocycles. The van der Waals surface area contributed by atoms with Crippen LogP contribution < -0.4 is 0 Å². The number of pyridine rings is 1. The van der Waals surface area contributed by atoms with Crippen LogP contribution in [-0.2, 0) is 9.47 Å². The Morgan fingerprint density at radius 1 is 1.10 bits per heavy atom. The molecule has 1 N–H and O–H groups in total. The van der Waals surface area contributed by atoms with Gasteiger partial charge in [0.25, 0.3) is 6.29 Å². The predicted molar refractivity (Wildman–Crippen MR) is 68.7 cm³/mol. The monoisotopic (exact) mass is 291 g/mol. The van der Waals surface area contributed by atoms with E-state index in [1.807, 2.05) is 0 Å². The van der Waals surface area contributed by atoms with Gasteiger partial charge in [-0.1, -0.05) is 0 Å². The fraction of sp³-hybridized carbons (Fsp3) is 0.133. The summed E-state index contributed by atoms with van der Waals surface area (Å²) in [6.45, 7) is 0.